The van der Waals surface area contributed by atoms with Gasteiger partial charge in [0.05, 0.1) is 6.26 Å². The van der Waals surface area contributed by atoms with Gasteiger partial charge in [0.2, 0.25) is 0 Å². The molecular weight excluding hydrogens is 484 g/mol. The first-order valence-electron chi connectivity index (χ1n) is 13.5. The molecule has 38 heavy (non-hydrogen) atoms. The van der Waals surface area contributed by atoms with Gasteiger partial charge in [0.1, 0.15) is 24.1 Å². The standard InChI is InChI=1S/C31H40O7/c1-18-10-12-23-29(37-21(4)33)28-19(2)25(38-27(34)13-11-22-9-8-16-35-22)14-15-31(28,7)26(36-20(3)32)17-24(18)30(23,5)6/h8-9,11,13,16,23,25-26,28-29H,2,10,12,14-15,17H2,1,3-7H3/b13-11+/t23?,25-,26+,28?,29+,31-/m0/s1. The lowest BCUT2D eigenvalue weighted by atomic mass is 9.50. The fourth-order valence-electron chi connectivity index (χ4n) is 7.24. The minimum Gasteiger partial charge on any atom is -0.465 e. The van der Waals surface area contributed by atoms with E-state index in [1.165, 1.54) is 37.3 Å². The molecule has 1 aromatic rings. The van der Waals surface area contributed by atoms with Crippen molar-refractivity contribution in [3.05, 3.63) is 53.5 Å². The topological polar surface area (TPSA) is 92.0 Å². The maximum Gasteiger partial charge on any atom is 0.331 e. The highest BCUT2D eigenvalue weighted by Gasteiger charge is 2.59. The van der Waals surface area contributed by atoms with Crippen LogP contribution >= 0.6 is 0 Å². The molecule has 7 nitrogen and oxygen atoms in total. The van der Waals surface area contributed by atoms with Crippen molar-refractivity contribution >= 4 is 24.0 Å². The van der Waals surface area contributed by atoms with Gasteiger partial charge in [0.25, 0.3) is 0 Å². The van der Waals surface area contributed by atoms with E-state index in [1.54, 1.807) is 18.2 Å². The second-order valence-corrected chi connectivity index (χ2v) is 11.9. The van der Waals surface area contributed by atoms with Crippen LogP contribution in [0.3, 0.4) is 0 Å². The van der Waals surface area contributed by atoms with Crippen LogP contribution in [-0.2, 0) is 28.6 Å². The lowest BCUT2D eigenvalue weighted by Crippen LogP contribution is -2.59. The van der Waals surface area contributed by atoms with E-state index in [-0.39, 0.29) is 29.2 Å². The molecule has 0 amide bonds. The monoisotopic (exact) mass is 524 g/mol. The summed E-state index contributed by atoms with van der Waals surface area (Å²) in [4.78, 5) is 37.6. The summed E-state index contributed by atoms with van der Waals surface area (Å²) >= 11 is 0. The Hall–Kier alpha value is -3.09. The highest BCUT2D eigenvalue weighted by molar-refractivity contribution is 5.86. The molecular formula is C31H40O7. The van der Waals surface area contributed by atoms with Gasteiger partial charge in [-0.15, -0.1) is 0 Å². The summed E-state index contributed by atoms with van der Waals surface area (Å²) in [5, 5.41) is 0. The number of ether oxygens (including phenoxy) is 3. The first-order chi connectivity index (χ1) is 17.8. The highest BCUT2D eigenvalue weighted by Crippen LogP contribution is 2.60. The molecule has 1 aromatic heterocycles. The first kappa shape index (κ1) is 27.9. The molecule has 6 atom stereocenters. The minimum atomic E-state index is -0.562. The van der Waals surface area contributed by atoms with Crippen LogP contribution in [0.2, 0.25) is 0 Å². The van der Waals surface area contributed by atoms with Crippen molar-refractivity contribution in [2.24, 2.45) is 22.7 Å². The summed E-state index contributed by atoms with van der Waals surface area (Å²) in [6, 6.07) is 3.49. The zero-order valence-corrected chi connectivity index (χ0v) is 23.4. The molecule has 2 unspecified atom stereocenters. The molecule has 0 aromatic carbocycles. The third-order valence-corrected chi connectivity index (χ3v) is 9.16. The van der Waals surface area contributed by atoms with Crippen LogP contribution < -0.4 is 0 Å². The molecule has 0 spiro atoms. The molecule has 3 aliphatic carbocycles. The Bertz CT molecular complexity index is 1150. The Morgan fingerprint density at radius 3 is 2.42 bits per heavy atom. The number of furan rings is 1. The second kappa shape index (κ2) is 10.6. The van der Waals surface area contributed by atoms with E-state index in [2.05, 4.69) is 34.3 Å². The number of rotatable bonds is 5. The zero-order valence-electron chi connectivity index (χ0n) is 23.4. The lowest BCUT2D eigenvalue weighted by molar-refractivity contribution is -0.183. The van der Waals surface area contributed by atoms with Crippen molar-refractivity contribution in [1.82, 2.24) is 0 Å². The Balaban J connectivity index is 1.74. The van der Waals surface area contributed by atoms with Crippen LogP contribution in [0, 0.1) is 22.7 Å². The van der Waals surface area contributed by atoms with Crippen LogP contribution in [0.4, 0.5) is 0 Å². The van der Waals surface area contributed by atoms with E-state index in [4.69, 9.17) is 18.6 Å². The van der Waals surface area contributed by atoms with E-state index >= 15 is 0 Å². The Morgan fingerprint density at radius 2 is 1.79 bits per heavy atom. The Morgan fingerprint density at radius 1 is 1.08 bits per heavy atom. The molecule has 0 saturated heterocycles. The van der Waals surface area contributed by atoms with Crippen LogP contribution in [-0.4, -0.2) is 36.2 Å². The molecule has 0 N–H and O–H groups in total. The number of carbonyl (C=O) groups excluding carboxylic acids is 3. The van der Waals surface area contributed by atoms with Crippen LogP contribution in [0.1, 0.15) is 79.4 Å². The SMILES string of the molecule is C=C1C2[C@H](OC(C)=O)C3CCC(C)=C(C[C@@H](OC(C)=O)[C@]2(C)CC[C@@H]1OC(=O)/C=C/c1ccco1)C3(C)C. The van der Waals surface area contributed by atoms with Gasteiger partial charge in [0, 0.05) is 43.6 Å². The van der Waals surface area contributed by atoms with Crippen molar-refractivity contribution in [2.45, 2.75) is 92.0 Å². The number of fused-ring (bicyclic) bond motifs is 3. The van der Waals surface area contributed by atoms with Gasteiger partial charge < -0.3 is 18.6 Å². The lowest BCUT2D eigenvalue weighted by Gasteiger charge is -2.58. The molecule has 3 aliphatic rings. The molecule has 4 rings (SSSR count). The molecule has 206 valence electrons. The molecule has 0 radical (unpaired) electrons. The van der Waals surface area contributed by atoms with Gasteiger partial charge in [-0.1, -0.05) is 38.5 Å². The number of allylic oxidation sites excluding steroid dienone is 1. The van der Waals surface area contributed by atoms with E-state index in [9.17, 15) is 14.4 Å². The maximum absolute atomic E-state index is 12.7. The zero-order chi connectivity index (χ0) is 27.8. The van der Waals surface area contributed by atoms with Crippen molar-refractivity contribution in [2.75, 3.05) is 0 Å². The average Bonchev–Trinajstić information content (AvgIpc) is 3.34. The second-order valence-electron chi connectivity index (χ2n) is 11.9. The van der Waals surface area contributed by atoms with Gasteiger partial charge in [-0.3, -0.25) is 9.59 Å². The summed E-state index contributed by atoms with van der Waals surface area (Å²) in [6.45, 7) is 16.0. The maximum atomic E-state index is 12.7. The summed E-state index contributed by atoms with van der Waals surface area (Å²) in [7, 11) is 0. The fraction of sp³-hybridized carbons (Fsp3) is 0.581. The van der Waals surface area contributed by atoms with E-state index in [1.807, 2.05) is 0 Å². The van der Waals surface area contributed by atoms with Crippen LogP contribution in [0.5, 0.6) is 0 Å². The van der Waals surface area contributed by atoms with Crippen molar-refractivity contribution in [1.29, 1.82) is 0 Å². The summed E-state index contributed by atoms with van der Waals surface area (Å²) in [5.41, 5.74) is 2.45. The van der Waals surface area contributed by atoms with Gasteiger partial charge >= 0.3 is 17.9 Å². The fourth-order valence-corrected chi connectivity index (χ4v) is 7.24. The Labute approximate surface area is 225 Å². The predicted molar refractivity (Wildman–Crippen MR) is 143 cm³/mol. The van der Waals surface area contributed by atoms with Crippen LogP contribution in [0.25, 0.3) is 6.08 Å². The van der Waals surface area contributed by atoms with Crippen molar-refractivity contribution in [3.8, 4) is 0 Å². The minimum absolute atomic E-state index is 0.0396. The number of hydrogen-bond acceptors (Lipinski definition) is 7. The van der Waals surface area contributed by atoms with Gasteiger partial charge in [-0.25, -0.2) is 4.79 Å². The van der Waals surface area contributed by atoms with Gasteiger partial charge in [-0.2, -0.15) is 0 Å². The molecule has 2 saturated carbocycles. The summed E-state index contributed by atoms with van der Waals surface area (Å²) in [6.07, 6.45) is 6.48. The molecule has 1 heterocycles. The Kier molecular flexibility index (Phi) is 7.78. The third kappa shape index (κ3) is 5.25. The van der Waals surface area contributed by atoms with E-state index in [0.29, 0.717) is 30.6 Å². The van der Waals surface area contributed by atoms with Gasteiger partial charge in [0.15, 0.2) is 0 Å². The predicted octanol–water partition coefficient (Wildman–Crippen LogP) is 6.20. The van der Waals surface area contributed by atoms with Crippen molar-refractivity contribution < 1.29 is 33.0 Å². The number of hydrogen-bond donors (Lipinski definition) is 0. The van der Waals surface area contributed by atoms with E-state index in [0.717, 1.165) is 12.8 Å². The third-order valence-electron chi connectivity index (χ3n) is 9.16. The van der Waals surface area contributed by atoms with Crippen LogP contribution in [0.15, 0.2) is 52.2 Å². The van der Waals surface area contributed by atoms with Gasteiger partial charge in [-0.05, 0) is 61.8 Å². The largest absolute Gasteiger partial charge is 0.465 e. The smallest absolute Gasteiger partial charge is 0.331 e. The number of esters is 3. The molecule has 0 aliphatic heterocycles. The molecule has 7 heteroatoms. The molecule has 2 fully saturated rings. The summed E-state index contributed by atoms with van der Waals surface area (Å²) < 4.78 is 23.4. The summed E-state index contributed by atoms with van der Waals surface area (Å²) in [5.74, 6) is -0.973. The molecule has 2 bridgehead atoms. The first-order valence-corrected chi connectivity index (χ1v) is 13.5. The highest BCUT2D eigenvalue weighted by atomic mass is 16.6. The number of carbonyl (C=O) groups is 3. The average molecular weight is 525 g/mol. The van der Waals surface area contributed by atoms with Crippen molar-refractivity contribution in [3.63, 3.8) is 0 Å². The van der Waals surface area contributed by atoms with E-state index < -0.39 is 29.7 Å². The quantitative estimate of drug-likeness (QED) is 0.196. The normalized spacial score (nSPS) is 32.7.